The number of rotatable bonds is 7. The Bertz CT molecular complexity index is 793. The van der Waals surface area contributed by atoms with Crippen molar-refractivity contribution in [3.63, 3.8) is 0 Å². The van der Waals surface area contributed by atoms with E-state index in [2.05, 4.69) is 26.8 Å². The third-order valence-electron chi connectivity index (χ3n) is 10.7. The van der Waals surface area contributed by atoms with Crippen LogP contribution in [-0.4, -0.2) is 46.2 Å². The number of likely N-dealkylation sites (N-methyl/N-ethyl adjacent to an activating group) is 1. The fourth-order valence-corrected chi connectivity index (χ4v) is 8.87. The molecule has 0 spiro atoms. The van der Waals surface area contributed by atoms with E-state index < -0.39 is 5.97 Å². The van der Waals surface area contributed by atoms with Gasteiger partial charge in [0.1, 0.15) is 6.54 Å². The summed E-state index contributed by atoms with van der Waals surface area (Å²) in [5.41, 5.74) is 2.17. The summed E-state index contributed by atoms with van der Waals surface area (Å²) >= 11 is 0. The molecule has 4 rings (SSSR count). The van der Waals surface area contributed by atoms with E-state index >= 15 is 0 Å². The summed E-state index contributed by atoms with van der Waals surface area (Å²) in [5.74, 6) is 2.46. The SMILES string of the molecule is CCN(CC(=O)O)C(=O)CCC(C)[C@H]1CC[C@H]2[C@@H]3CC=C4C[C@@H](O)CC[C@]4(C)[C@H]3CC[C@]12C. The van der Waals surface area contributed by atoms with Gasteiger partial charge in [0.25, 0.3) is 0 Å². The van der Waals surface area contributed by atoms with Crippen molar-refractivity contribution in [2.75, 3.05) is 13.1 Å². The molecule has 33 heavy (non-hydrogen) atoms. The predicted molar refractivity (Wildman–Crippen MR) is 129 cm³/mol. The topological polar surface area (TPSA) is 77.8 Å². The third kappa shape index (κ3) is 4.39. The monoisotopic (exact) mass is 459 g/mol. The first-order chi connectivity index (χ1) is 15.6. The number of allylic oxidation sites excluding steroid dienone is 1. The first kappa shape index (κ1) is 24.8. The molecule has 3 saturated carbocycles. The normalized spacial score (nSPS) is 40.8. The summed E-state index contributed by atoms with van der Waals surface area (Å²) in [6, 6.07) is 0. The quantitative estimate of drug-likeness (QED) is 0.508. The van der Waals surface area contributed by atoms with Crippen LogP contribution in [0.3, 0.4) is 0 Å². The summed E-state index contributed by atoms with van der Waals surface area (Å²) < 4.78 is 0. The second-order valence-corrected chi connectivity index (χ2v) is 12.2. The van der Waals surface area contributed by atoms with Crippen LogP contribution < -0.4 is 0 Å². The van der Waals surface area contributed by atoms with Crippen LogP contribution in [0.2, 0.25) is 0 Å². The first-order valence-electron chi connectivity index (χ1n) is 13.5. The lowest BCUT2D eigenvalue weighted by molar-refractivity contribution is -0.144. The zero-order valence-corrected chi connectivity index (χ0v) is 21.2. The van der Waals surface area contributed by atoms with Crippen LogP contribution in [0.15, 0.2) is 11.6 Å². The lowest BCUT2D eigenvalue weighted by atomic mass is 9.47. The number of hydrogen-bond donors (Lipinski definition) is 2. The van der Waals surface area contributed by atoms with Crippen LogP contribution >= 0.6 is 0 Å². The molecular weight excluding hydrogens is 414 g/mol. The smallest absolute Gasteiger partial charge is 0.323 e. The number of aliphatic hydroxyl groups excluding tert-OH is 1. The van der Waals surface area contributed by atoms with Gasteiger partial charge in [-0.15, -0.1) is 0 Å². The lowest BCUT2D eigenvalue weighted by Crippen LogP contribution is -2.50. The zero-order chi connectivity index (χ0) is 24.0. The van der Waals surface area contributed by atoms with Crippen molar-refractivity contribution in [1.82, 2.24) is 4.90 Å². The van der Waals surface area contributed by atoms with Crippen molar-refractivity contribution < 1.29 is 19.8 Å². The maximum Gasteiger partial charge on any atom is 0.323 e. The number of carboxylic acid groups (broad SMARTS) is 1. The number of fused-ring (bicyclic) bond motifs is 5. The van der Waals surface area contributed by atoms with Crippen LogP contribution in [0.25, 0.3) is 0 Å². The molecule has 2 N–H and O–H groups in total. The summed E-state index contributed by atoms with van der Waals surface area (Å²) in [5, 5.41) is 19.3. The number of carbonyl (C=O) groups excluding carboxylic acids is 1. The van der Waals surface area contributed by atoms with Crippen molar-refractivity contribution in [1.29, 1.82) is 0 Å². The van der Waals surface area contributed by atoms with Crippen molar-refractivity contribution >= 4 is 11.9 Å². The molecule has 5 nitrogen and oxygen atoms in total. The molecule has 1 amide bonds. The van der Waals surface area contributed by atoms with Gasteiger partial charge < -0.3 is 15.1 Å². The molecule has 4 aliphatic carbocycles. The molecule has 8 atom stereocenters. The molecule has 5 heteroatoms. The van der Waals surface area contributed by atoms with Crippen molar-refractivity contribution in [3.05, 3.63) is 11.6 Å². The molecule has 0 aromatic heterocycles. The van der Waals surface area contributed by atoms with E-state index in [0.717, 1.165) is 43.4 Å². The van der Waals surface area contributed by atoms with Crippen LogP contribution in [0.5, 0.6) is 0 Å². The number of aliphatic carboxylic acids is 1. The lowest BCUT2D eigenvalue weighted by Gasteiger charge is -2.58. The minimum atomic E-state index is -0.938. The molecular formula is C28H45NO4. The highest BCUT2D eigenvalue weighted by atomic mass is 16.4. The van der Waals surface area contributed by atoms with E-state index in [1.165, 1.54) is 42.6 Å². The highest BCUT2D eigenvalue weighted by molar-refractivity contribution is 5.81. The average molecular weight is 460 g/mol. The largest absolute Gasteiger partial charge is 0.480 e. The molecule has 3 fully saturated rings. The second kappa shape index (κ2) is 9.36. The minimum absolute atomic E-state index is 0.0208. The molecule has 0 radical (unpaired) electrons. The summed E-state index contributed by atoms with van der Waals surface area (Å²) in [4.78, 5) is 25.1. The molecule has 0 saturated heterocycles. The Balaban J connectivity index is 1.42. The van der Waals surface area contributed by atoms with Gasteiger partial charge in [-0.1, -0.05) is 32.4 Å². The maximum atomic E-state index is 12.6. The molecule has 1 unspecified atom stereocenters. The van der Waals surface area contributed by atoms with Crippen LogP contribution in [0.4, 0.5) is 0 Å². The Morgan fingerprint density at radius 1 is 1.15 bits per heavy atom. The Morgan fingerprint density at radius 2 is 1.91 bits per heavy atom. The van der Waals surface area contributed by atoms with Gasteiger partial charge in [-0.3, -0.25) is 9.59 Å². The number of aliphatic hydroxyl groups is 1. The van der Waals surface area contributed by atoms with E-state index in [1.54, 1.807) is 0 Å². The van der Waals surface area contributed by atoms with Crippen LogP contribution in [-0.2, 0) is 9.59 Å². The number of carbonyl (C=O) groups is 2. The van der Waals surface area contributed by atoms with E-state index in [-0.39, 0.29) is 24.0 Å². The zero-order valence-electron chi connectivity index (χ0n) is 21.2. The highest BCUT2D eigenvalue weighted by Gasteiger charge is 2.59. The van der Waals surface area contributed by atoms with Crippen LogP contribution in [0.1, 0.15) is 91.9 Å². The van der Waals surface area contributed by atoms with Crippen molar-refractivity contribution in [2.45, 2.75) is 98.0 Å². The predicted octanol–water partition coefficient (Wildman–Crippen LogP) is 5.28. The van der Waals surface area contributed by atoms with Gasteiger partial charge in [0, 0.05) is 13.0 Å². The van der Waals surface area contributed by atoms with Gasteiger partial charge in [-0.2, -0.15) is 0 Å². The van der Waals surface area contributed by atoms with Gasteiger partial charge >= 0.3 is 5.97 Å². The fraction of sp³-hybridized carbons (Fsp3) is 0.857. The maximum absolute atomic E-state index is 12.6. The fourth-order valence-electron chi connectivity index (χ4n) is 8.87. The molecule has 0 heterocycles. The molecule has 186 valence electrons. The molecule has 0 aliphatic heterocycles. The Hall–Kier alpha value is -1.36. The summed E-state index contributed by atoms with van der Waals surface area (Å²) in [7, 11) is 0. The van der Waals surface area contributed by atoms with Gasteiger partial charge in [-0.05, 0) is 105 Å². The summed E-state index contributed by atoms with van der Waals surface area (Å²) in [6.07, 6.45) is 13.0. The minimum Gasteiger partial charge on any atom is -0.480 e. The van der Waals surface area contributed by atoms with E-state index in [1.807, 2.05) is 6.92 Å². The van der Waals surface area contributed by atoms with Crippen LogP contribution in [0, 0.1) is 40.4 Å². The van der Waals surface area contributed by atoms with Gasteiger partial charge in [0.15, 0.2) is 0 Å². The molecule has 0 aromatic rings. The second-order valence-electron chi connectivity index (χ2n) is 12.2. The first-order valence-corrected chi connectivity index (χ1v) is 13.5. The van der Waals surface area contributed by atoms with Gasteiger partial charge in [-0.25, -0.2) is 0 Å². The highest BCUT2D eigenvalue weighted by Crippen LogP contribution is 2.67. The number of hydrogen-bond acceptors (Lipinski definition) is 3. The number of carboxylic acids is 1. The van der Waals surface area contributed by atoms with Crippen molar-refractivity contribution in [3.8, 4) is 0 Å². The average Bonchev–Trinajstić information content (AvgIpc) is 3.13. The van der Waals surface area contributed by atoms with E-state index in [9.17, 15) is 14.7 Å². The molecule has 0 aromatic carbocycles. The molecule has 0 bridgehead atoms. The van der Waals surface area contributed by atoms with Crippen molar-refractivity contribution in [2.24, 2.45) is 40.4 Å². The standard InChI is InChI=1S/C28H45NO4/c1-5-29(17-26(32)33)25(31)11-6-18(2)22-9-10-23-21-8-7-19-16-20(30)12-14-27(19,3)24(21)13-15-28(22,23)4/h7,18,20-24,30H,5-6,8-17H2,1-4H3,(H,32,33)/t18?,20-,21-,22+,23-,24-,27-,28+/m0/s1. The Kier molecular flexibility index (Phi) is 7.02. The molecule has 4 aliphatic rings. The van der Waals surface area contributed by atoms with Gasteiger partial charge in [0.05, 0.1) is 6.10 Å². The Labute approximate surface area is 200 Å². The Morgan fingerprint density at radius 3 is 2.61 bits per heavy atom. The van der Waals surface area contributed by atoms with E-state index in [0.29, 0.717) is 30.2 Å². The van der Waals surface area contributed by atoms with Gasteiger partial charge in [0.2, 0.25) is 5.91 Å². The third-order valence-corrected chi connectivity index (χ3v) is 10.7. The summed E-state index contributed by atoms with van der Waals surface area (Å²) in [6.45, 7) is 9.47. The number of nitrogens with zero attached hydrogens (tertiary/aromatic N) is 1. The number of amides is 1. The van der Waals surface area contributed by atoms with E-state index in [4.69, 9.17) is 5.11 Å².